The minimum atomic E-state index is -0.500. The fourth-order valence-corrected chi connectivity index (χ4v) is 2.47. The number of para-hydroxylation sites is 2. The van der Waals surface area contributed by atoms with E-state index in [0.717, 1.165) is 0 Å². The summed E-state index contributed by atoms with van der Waals surface area (Å²) < 4.78 is 5.18. The van der Waals surface area contributed by atoms with Crippen LogP contribution >= 0.6 is 0 Å². The van der Waals surface area contributed by atoms with Crippen LogP contribution in [0.15, 0.2) is 54.6 Å². The molecule has 8 heteroatoms. The average molecular weight is 383 g/mol. The molecule has 2 amide bonds. The van der Waals surface area contributed by atoms with Crippen molar-refractivity contribution in [1.29, 1.82) is 0 Å². The Labute approximate surface area is 162 Å². The van der Waals surface area contributed by atoms with Crippen LogP contribution in [0.5, 0.6) is 5.75 Å². The molecule has 0 bridgehead atoms. The molecule has 0 unspecified atom stereocenters. The summed E-state index contributed by atoms with van der Waals surface area (Å²) in [5.74, 6) is -0.205. The number of hydrogen-bond acceptors (Lipinski definition) is 5. The molecular weight excluding hydrogens is 362 g/mol. The highest BCUT2D eigenvalue weighted by molar-refractivity contribution is 5.98. The van der Waals surface area contributed by atoms with E-state index in [1.54, 1.807) is 43.3 Å². The fourth-order valence-electron chi connectivity index (χ4n) is 2.47. The zero-order valence-electron chi connectivity index (χ0n) is 15.6. The lowest BCUT2D eigenvalue weighted by molar-refractivity contribution is -0.384. The molecular formula is C20H21N3O5. The Balaban J connectivity index is 2.02. The average Bonchev–Trinajstić information content (AvgIpc) is 2.70. The molecule has 0 fully saturated rings. The van der Waals surface area contributed by atoms with Crippen molar-refractivity contribution in [2.24, 2.45) is 0 Å². The highest BCUT2D eigenvalue weighted by Crippen LogP contribution is 2.22. The first-order chi connectivity index (χ1) is 13.4. The van der Waals surface area contributed by atoms with Crippen molar-refractivity contribution in [3.8, 4) is 5.75 Å². The molecule has 28 heavy (non-hydrogen) atoms. The van der Waals surface area contributed by atoms with Crippen molar-refractivity contribution >= 4 is 29.3 Å². The molecule has 0 heterocycles. The maximum absolute atomic E-state index is 12.4. The van der Waals surface area contributed by atoms with Crippen molar-refractivity contribution in [2.75, 3.05) is 25.5 Å². The normalized spacial score (nSPS) is 10.5. The lowest BCUT2D eigenvalue weighted by Crippen LogP contribution is -2.36. The predicted molar refractivity (Wildman–Crippen MR) is 106 cm³/mol. The summed E-state index contributed by atoms with van der Waals surface area (Å²) in [6.07, 6.45) is 2.77. The van der Waals surface area contributed by atoms with Crippen LogP contribution in [-0.2, 0) is 9.59 Å². The van der Waals surface area contributed by atoms with Crippen LogP contribution in [0, 0.1) is 10.1 Å². The van der Waals surface area contributed by atoms with Gasteiger partial charge in [-0.3, -0.25) is 19.7 Å². The summed E-state index contributed by atoms with van der Waals surface area (Å²) >= 11 is 0. The van der Waals surface area contributed by atoms with Gasteiger partial charge in [0, 0.05) is 24.8 Å². The first-order valence-electron chi connectivity index (χ1n) is 8.59. The second-order valence-electron chi connectivity index (χ2n) is 5.79. The van der Waals surface area contributed by atoms with Gasteiger partial charge in [-0.05, 0) is 30.7 Å². The maximum atomic E-state index is 12.4. The number of nitro groups is 1. The van der Waals surface area contributed by atoms with Crippen LogP contribution in [0.1, 0.15) is 12.5 Å². The van der Waals surface area contributed by atoms with Crippen molar-refractivity contribution < 1.29 is 19.2 Å². The summed E-state index contributed by atoms with van der Waals surface area (Å²) in [5, 5.41) is 13.5. The zero-order chi connectivity index (χ0) is 20.5. The molecule has 0 saturated heterocycles. The van der Waals surface area contributed by atoms with Crippen molar-refractivity contribution in [2.45, 2.75) is 6.92 Å². The van der Waals surface area contributed by atoms with Gasteiger partial charge in [-0.25, -0.2) is 0 Å². The topological polar surface area (TPSA) is 102 Å². The van der Waals surface area contributed by atoms with E-state index >= 15 is 0 Å². The highest BCUT2D eigenvalue weighted by Gasteiger charge is 2.15. The van der Waals surface area contributed by atoms with E-state index in [2.05, 4.69) is 5.32 Å². The van der Waals surface area contributed by atoms with E-state index < -0.39 is 4.92 Å². The monoisotopic (exact) mass is 383 g/mol. The van der Waals surface area contributed by atoms with Crippen LogP contribution in [-0.4, -0.2) is 41.8 Å². The third-order valence-corrected chi connectivity index (χ3v) is 3.91. The molecule has 2 rings (SSSR count). The van der Waals surface area contributed by atoms with Crippen LogP contribution in [0.25, 0.3) is 6.08 Å². The quantitative estimate of drug-likeness (QED) is 0.429. The highest BCUT2D eigenvalue weighted by atomic mass is 16.6. The van der Waals surface area contributed by atoms with E-state index in [0.29, 0.717) is 23.5 Å². The molecule has 8 nitrogen and oxygen atoms in total. The van der Waals surface area contributed by atoms with Gasteiger partial charge in [0.25, 0.3) is 5.69 Å². The molecule has 2 aromatic rings. The van der Waals surface area contributed by atoms with Crippen molar-refractivity contribution in [3.05, 3.63) is 70.3 Å². The smallest absolute Gasteiger partial charge is 0.270 e. The Bertz CT molecular complexity index is 895. The standard InChI is InChI=1S/C20H21N3O5/c1-3-22(14-19(24)21-17-9-4-5-10-18(17)28-2)20(25)12-11-15-7-6-8-16(13-15)23(26)27/h4-13H,3,14H2,1-2H3,(H,21,24)/b12-11+. The Morgan fingerprint density at radius 2 is 1.96 bits per heavy atom. The maximum Gasteiger partial charge on any atom is 0.270 e. The Morgan fingerprint density at radius 1 is 1.21 bits per heavy atom. The number of hydrogen-bond donors (Lipinski definition) is 1. The number of carbonyl (C=O) groups excluding carboxylic acids is 2. The molecule has 0 radical (unpaired) electrons. The third kappa shape index (κ3) is 5.66. The SMILES string of the molecule is CCN(CC(=O)Nc1ccccc1OC)C(=O)/C=C/c1cccc([N+](=O)[O-])c1. The van der Waals surface area contributed by atoms with Gasteiger partial charge >= 0.3 is 0 Å². The van der Waals surface area contributed by atoms with Crippen LogP contribution < -0.4 is 10.1 Å². The number of likely N-dealkylation sites (N-methyl/N-ethyl adjacent to an activating group) is 1. The lowest BCUT2D eigenvalue weighted by atomic mass is 10.2. The van der Waals surface area contributed by atoms with Crippen LogP contribution in [0.3, 0.4) is 0 Å². The van der Waals surface area contributed by atoms with Gasteiger partial charge in [-0.2, -0.15) is 0 Å². The number of amides is 2. The number of nitrogens with one attached hydrogen (secondary N) is 1. The molecule has 0 aliphatic heterocycles. The number of non-ortho nitro benzene ring substituents is 1. The van der Waals surface area contributed by atoms with Crippen molar-refractivity contribution in [3.63, 3.8) is 0 Å². The van der Waals surface area contributed by atoms with Crippen molar-refractivity contribution in [1.82, 2.24) is 4.90 Å². The van der Waals surface area contributed by atoms with E-state index in [1.165, 1.54) is 36.3 Å². The zero-order valence-corrected chi connectivity index (χ0v) is 15.6. The fraction of sp³-hybridized carbons (Fsp3) is 0.200. The second kappa shape index (κ2) is 9.86. The lowest BCUT2D eigenvalue weighted by Gasteiger charge is -2.19. The molecule has 1 N–H and O–H groups in total. The number of ether oxygens (including phenoxy) is 1. The summed E-state index contributed by atoms with van der Waals surface area (Å²) in [5.41, 5.74) is 0.987. The summed E-state index contributed by atoms with van der Waals surface area (Å²) in [7, 11) is 1.51. The largest absolute Gasteiger partial charge is 0.495 e. The summed E-state index contributed by atoms with van der Waals surface area (Å²) in [4.78, 5) is 36.3. The first-order valence-corrected chi connectivity index (χ1v) is 8.59. The van der Waals surface area contributed by atoms with E-state index in [9.17, 15) is 19.7 Å². The number of nitrogens with zero attached hydrogens (tertiary/aromatic N) is 2. The Hall–Kier alpha value is -3.68. The minimum absolute atomic E-state index is 0.0573. The summed E-state index contributed by atoms with van der Waals surface area (Å²) in [6, 6.07) is 12.9. The van der Waals surface area contributed by atoms with E-state index in [4.69, 9.17) is 4.74 Å². The minimum Gasteiger partial charge on any atom is -0.495 e. The van der Waals surface area contributed by atoms with Gasteiger partial charge in [0.1, 0.15) is 12.3 Å². The van der Waals surface area contributed by atoms with E-state index in [1.807, 2.05) is 0 Å². The Kier molecular flexibility index (Phi) is 7.27. The first kappa shape index (κ1) is 20.6. The van der Waals surface area contributed by atoms with Crippen LogP contribution in [0.2, 0.25) is 0 Å². The molecule has 0 saturated carbocycles. The molecule has 146 valence electrons. The molecule has 2 aromatic carbocycles. The molecule has 0 atom stereocenters. The van der Waals surface area contributed by atoms with Gasteiger partial charge in [0.15, 0.2) is 0 Å². The van der Waals surface area contributed by atoms with Gasteiger partial charge in [0.05, 0.1) is 17.7 Å². The number of rotatable bonds is 8. The van der Waals surface area contributed by atoms with Gasteiger partial charge in [0.2, 0.25) is 11.8 Å². The number of benzene rings is 2. The van der Waals surface area contributed by atoms with Gasteiger partial charge in [-0.1, -0.05) is 24.3 Å². The molecule has 0 aromatic heterocycles. The van der Waals surface area contributed by atoms with E-state index in [-0.39, 0.29) is 24.0 Å². The third-order valence-electron chi connectivity index (χ3n) is 3.91. The van der Waals surface area contributed by atoms with Gasteiger partial charge < -0.3 is 15.0 Å². The predicted octanol–water partition coefficient (Wildman–Crippen LogP) is 3.10. The van der Waals surface area contributed by atoms with Crippen LogP contribution in [0.4, 0.5) is 11.4 Å². The molecule has 0 aliphatic carbocycles. The summed E-state index contributed by atoms with van der Waals surface area (Å²) in [6.45, 7) is 1.96. The number of methoxy groups -OCH3 is 1. The molecule has 0 aliphatic rings. The second-order valence-corrected chi connectivity index (χ2v) is 5.79. The molecule has 0 spiro atoms. The van der Waals surface area contributed by atoms with Gasteiger partial charge in [-0.15, -0.1) is 0 Å². The number of anilines is 1. The Morgan fingerprint density at radius 3 is 2.64 bits per heavy atom. The number of carbonyl (C=O) groups is 2. The number of nitro benzene ring substituents is 1.